The summed E-state index contributed by atoms with van der Waals surface area (Å²) >= 11 is 0. The average molecular weight is 521 g/mol. The molecule has 1 unspecified atom stereocenters. The van der Waals surface area contributed by atoms with Crippen molar-refractivity contribution in [2.75, 3.05) is 50.8 Å². The maximum Gasteiger partial charge on any atom is 0.527 e. The third-order valence-electron chi connectivity index (χ3n) is 8.10. The zero-order valence-corrected chi connectivity index (χ0v) is 21.6. The highest BCUT2D eigenvalue weighted by Crippen LogP contribution is 2.52. The molecule has 1 atom stereocenters. The van der Waals surface area contributed by atoms with Crippen LogP contribution in [0.1, 0.15) is 54.1 Å². The van der Waals surface area contributed by atoms with E-state index in [1.807, 2.05) is 48.4 Å². The highest BCUT2D eigenvalue weighted by molar-refractivity contribution is 5.96. The number of aromatic nitrogens is 1. The normalized spacial score (nSPS) is 23.8. The van der Waals surface area contributed by atoms with Crippen LogP contribution in [0.3, 0.4) is 0 Å². The van der Waals surface area contributed by atoms with Crippen LogP contribution in [0.15, 0.2) is 42.6 Å². The maximum atomic E-state index is 13.7. The number of ether oxygens (including phenoxy) is 2. The number of likely N-dealkylation sites (tertiary alicyclic amines) is 1. The van der Waals surface area contributed by atoms with E-state index in [1.165, 1.54) is 0 Å². The highest BCUT2D eigenvalue weighted by Gasteiger charge is 2.57. The number of nitrogens with zero attached hydrogens (tertiary/aromatic N) is 4. The zero-order chi connectivity index (χ0) is 26.3. The number of benzene rings is 1. The van der Waals surface area contributed by atoms with Gasteiger partial charge >= 0.3 is 12.1 Å². The molecule has 3 fully saturated rings. The van der Waals surface area contributed by atoms with Gasteiger partial charge < -0.3 is 24.1 Å². The summed E-state index contributed by atoms with van der Waals surface area (Å²) in [6.07, 6.45) is 4.10. The number of esters is 1. The predicted molar refractivity (Wildman–Crippen MR) is 136 cm³/mol. The second-order valence-electron chi connectivity index (χ2n) is 10.5. The van der Waals surface area contributed by atoms with Gasteiger partial charge in [-0.2, -0.15) is 0 Å². The predicted octanol–water partition coefficient (Wildman–Crippen LogP) is 3.01. The van der Waals surface area contributed by atoms with Crippen molar-refractivity contribution in [3.63, 3.8) is 0 Å². The van der Waals surface area contributed by atoms with E-state index in [-0.39, 0.29) is 11.9 Å². The second kappa shape index (κ2) is 9.58. The van der Waals surface area contributed by atoms with Crippen LogP contribution in [0.4, 0.5) is 10.6 Å². The van der Waals surface area contributed by atoms with Gasteiger partial charge in [0.2, 0.25) is 5.91 Å². The van der Waals surface area contributed by atoms with Crippen molar-refractivity contribution >= 4 is 23.8 Å². The van der Waals surface area contributed by atoms with Crippen LogP contribution in [0.2, 0.25) is 0 Å². The quantitative estimate of drug-likeness (QED) is 0.532. The fourth-order valence-corrected chi connectivity index (χ4v) is 5.84. The van der Waals surface area contributed by atoms with Gasteiger partial charge in [0.15, 0.2) is 5.60 Å². The lowest BCUT2D eigenvalue weighted by Gasteiger charge is -2.33. The average Bonchev–Trinajstić information content (AvgIpc) is 3.58. The molecule has 2 saturated heterocycles. The van der Waals surface area contributed by atoms with Gasteiger partial charge in [0, 0.05) is 37.8 Å². The van der Waals surface area contributed by atoms with Crippen molar-refractivity contribution in [1.82, 2.24) is 14.9 Å². The molecule has 1 saturated carbocycles. The Morgan fingerprint density at radius 2 is 1.82 bits per heavy atom. The monoisotopic (exact) mass is 520 g/mol. The highest BCUT2D eigenvalue weighted by atomic mass is 16.8. The summed E-state index contributed by atoms with van der Waals surface area (Å²) in [5, 5.41) is 1.61. The molecule has 0 bridgehead atoms. The SMILES string of the molecule is CCCOC(=O)ON1CCN(c2ccc(C3(C(=O)N4CCC5(C4)OC(=O)c4ccccc45)CC3)cn2)CC1. The third-order valence-corrected chi connectivity index (χ3v) is 8.10. The molecule has 200 valence electrons. The van der Waals surface area contributed by atoms with E-state index in [0.29, 0.717) is 57.9 Å². The molecule has 2 aromatic rings. The summed E-state index contributed by atoms with van der Waals surface area (Å²) in [6, 6.07) is 11.5. The number of fused-ring (bicyclic) bond motifs is 2. The molecule has 0 N–H and O–H groups in total. The van der Waals surface area contributed by atoms with Gasteiger partial charge in [-0.3, -0.25) is 4.79 Å². The Bertz CT molecular complexity index is 1240. The lowest BCUT2D eigenvalue weighted by atomic mass is 9.91. The lowest BCUT2D eigenvalue weighted by Crippen LogP contribution is -2.47. The largest absolute Gasteiger partial charge is 0.527 e. The molecular weight excluding hydrogens is 488 g/mol. The summed E-state index contributed by atoms with van der Waals surface area (Å²) in [5.74, 6) is 0.615. The number of carbonyl (C=O) groups excluding carboxylic acids is 3. The molecule has 6 rings (SSSR count). The first-order valence-electron chi connectivity index (χ1n) is 13.4. The van der Waals surface area contributed by atoms with Crippen molar-refractivity contribution in [3.05, 3.63) is 59.3 Å². The number of piperazine rings is 1. The smallest absolute Gasteiger partial charge is 0.449 e. The van der Waals surface area contributed by atoms with E-state index in [4.69, 9.17) is 14.3 Å². The standard InChI is InChI=1S/C28H32N4O6/c1-2-17-36-26(35)38-32-15-13-30(14-16-32)23-8-7-20(18-29-23)27(9-10-27)25(34)31-12-11-28(19-31)22-6-4-3-5-21(22)24(33)37-28/h3-8,18H,2,9-17,19H2,1H3. The van der Waals surface area contributed by atoms with Crippen LogP contribution in [0.5, 0.6) is 0 Å². The molecule has 3 aliphatic heterocycles. The van der Waals surface area contributed by atoms with Crippen molar-refractivity contribution in [3.8, 4) is 0 Å². The lowest BCUT2D eigenvalue weighted by molar-refractivity contribution is -0.134. The summed E-state index contributed by atoms with van der Waals surface area (Å²) in [4.78, 5) is 51.8. The fourth-order valence-electron chi connectivity index (χ4n) is 5.84. The Balaban J connectivity index is 1.08. The van der Waals surface area contributed by atoms with Crippen LogP contribution < -0.4 is 4.90 Å². The van der Waals surface area contributed by atoms with Gasteiger partial charge in [-0.15, -0.1) is 5.06 Å². The number of hydrogen-bond donors (Lipinski definition) is 0. The zero-order valence-electron chi connectivity index (χ0n) is 21.6. The number of carbonyl (C=O) groups is 3. The maximum absolute atomic E-state index is 13.7. The second-order valence-corrected chi connectivity index (χ2v) is 10.5. The minimum absolute atomic E-state index is 0.0880. The molecule has 38 heavy (non-hydrogen) atoms. The first-order valence-corrected chi connectivity index (χ1v) is 13.4. The van der Waals surface area contributed by atoms with E-state index in [2.05, 4.69) is 9.88 Å². The fraction of sp³-hybridized carbons (Fsp3) is 0.500. The van der Waals surface area contributed by atoms with E-state index < -0.39 is 17.2 Å². The number of hydrogen-bond acceptors (Lipinski definition) is 9. The molecule has 4 aliphatic rings. The van der Waals surface area contributed by atoms with Gasteiger partial charge in [0.05, 0.1) is 37.2 Å². The van der Waals surface area contributed by atoms with Gasteiger partial charge in [-0.05, 0) is 37.0 Å². The van der Waals surface area contributed by atoms with E-state index in [0.717, 1.165) is 36.2 Å². The van der Waals surface area contributed by atoms with Gasteiger partial charge in [0.1, 0.15) is 5.82 Å². The Kier molecular flexibility index (Phi) is 6.22. The summed E-state index contributed by atoms with van der Waals surface area (Å²) < 4.78 is 10.8. The number of amides is 1. The van der Waals surface area contributed by atoms with Crippen LogP contribution in [-0.2, 0) is 30.1 Å². The number of rotatable bonds is 6. The van der Waals surface area contributed by atoms with E-state index >= 15 is 0 Å². The Hall–Kier alpha value is -3.66. The van der Waals surface area contributed by atoms with Crippen molar-refractivity contribution < 1.29 is 28.7 Å². The molecular formula is C28H32N4O6. The number of hydroxylamine groups is 2. The number of anilines is 1. The van der Waals surface area contributed by atoms with Crippen LogP contribution in [0.25, 0.3) is 0 Å². The first kappa shape index (κ1) is 24.7. The van der Waals surface area contributed by atoms with E-state index in [9.17, 15) is 14.4 Å². The Labute approximate surface area is 221 Å². The molecule has 10 heteroatoms. The van der Waals surface area contributed by atoms with Crippen LogP contribution >= 0.6 is 0 Å². The first-order chi connectivity index (χ1) is 18.4. The van der Waals surface area contributed by atoms with Crippen molar-refractivity contribution in [2.24, 2.45) is 0 Å². The van der Waals surface area contributed by atoms with Gasteiger partial charge in [-0.1, -0.05) is 31.2 Å². The van der Waals surface area contributed by atoms with Crippen LogP contribution in [-0.4, -0.2) is 78.9 Å². The van der Waals surface area contributed by atoms with Crippen molar-refractivity contribution in [1.29, 1.82) is 0 Å². The molecule has 4 heterocycles. The third kappa shape index (κ3) is 4.26. The number of pyridine rings is 1. The van der Waals surface area contributed by atoms with E-state index in [1.54, 1.807) is 11.1 Å². The van der Waals surface area contributed by atoms with Crippen molar-refractivity contribution in [2.45, 2.75) is 43.6 Å². The molecule has 1 aliphatic carbocycles. The Morgan fingerprint density at radius 3 is 2.53 bits per heavy atom. The topological polar surface area (TPSA) is 102 Å². The molecule has 0 radical (unpaired) electrons. The summed E-state index contributed by atoms with van der Waals surface area (Å²) in [5.41, 5.74) is 1.13. The van der Waals surface area contributed by atoms with Gasteiger partial charge in [-0.25, -0.2) is 14.6 Å². The van der Waals surface area contributed by atoms with Crippen LogP contribution in [0, 0.1) is 0 Å². The molecule has 10 nitrogen and oxygen atoms in total. The Morgan fingerprint density at radius 1 is 1.03 bits per heavy atom. The summed E-state index contributed by atoms with van der Waals surface area (Å²) in [6.45, 7) is 5.65. The minimum atomic E-state index is -0.736. The minimum Gasteiger partial charge on any atom is -0.449 e. The van der Waals surface area contributed by atoms with Gasteiger partial charge in [0.25, 0.3) is 0 Å². The molecule has 1 amide bonds. The molecule has 1 spiro atoms. The molecule has 1 aromatic heterocycles. The molecule has 1 aromatic carbocycles. The summed E-state index contributed by atoms with van der Waals surface area (Å²) in [7, 11) is 0.